The van der Waals surface area contributed by atoms with Gasteiger partial charge in [-0.05, 0) is 55.2 Å². The molecule has 8 atom stereocenters. The molecule has 0 saturated heterocycles. The van der Waals surface area contributed by atoms with E-state index in [4.69, 9.17) is 4.74 Å². The summed E-state index contributed by atoms with van der Waals surface area (Å²) in [6, 6.07) is 0. The first-order valence-corrected chi connectivity index (χ1v) is 11.2. The van der Waals surface area contributed by atoms with E-state index in [1.54, 1.807) is 13.0 Å². The Balaban J connectivity index is 1.79. The molecular formula is C24H31FO6. The molecule has 2 N–H and O–H groups in total. The molecule has 0 aromatic carbocycles. The third kappa shape index (κ3) is 2.92. The highest BCUT2D eigenvalue weighted by molar-refractivity contribution is 6.01. The number of fused-ring (bicyclic) bond motifs is 5. The van der Waals surface area contributed by atoms with Gasteiger partial charge in [0.1, 0.15) is 12.8 Å². The highest BCUT2D eigenvalue weighted by Crippen LogP contribution is 2.68. The summed E-state index contributed by atoms with van der Waals surface area (Å²) in [4.78, 5) is 37.1. The number of carbonyl (C=O) groups excluding carboxylic acids is 3. The summed E-state index contributed by atoms with van der Waals surface area (Å²) in [6.07, 6.45) is 3.54. The maximum absolute atomic E-state index is 15.4. The summed E-state index contributed by atoms with van der Waals surface area (Å²) < 4.78 is 21.1. The summed E-state index contributed by atoms with van der Waals surface area (Å²) >= 11 is 0. The standard InChI is InChI=1S/C24H31FO6/c1-4-20(30)31-24(19(29)12-26)8-6-15-14-10-17(25)16-9-13(27)5-7-22(16,2)21(14)18(28)11-23(15,24)3/h5,7,9,14-15,17-18,21,26,28H,4,6,8,10-12H2,1-3H3/t14-,15-,17-,18?,21+,22-,23-,24-/m0/s1. The van der Waals surface area contributed by atoms with Crippen LogP contribution in [0.3, 0.4) is 0 Å². The Kier molecular flexibility index (Phi) is 5.29. The van der Waals surface area contributed by atoms with Gasteiger partial charge >= 0.3 is 5.97 Å². The average Bonchev–Trinajstić information content (AvgIpc) is 3.01. The highest BCUT2D eigenvalue weighted by atomic mass is 19.1. The lowest BCUT2D eigenvalue weighted by molar-refractivity contribution is -0.201. The van der Waals surface area contributed by atoms with Gasteiger partial charge in [-0.15, -0.1) is 0 Å². The fourth-order valence-electron chi connectivity index (χ4n) is 7.40. The van der Waals surface area contributed by atoms with Crippen molar-refractivity contribution in [3.8, 4) is 0 Å². The van der Waals surface area contributed by atoms with Crippen molar-refractivity contribution < 1.29 is 33.7 Å². The monoisotopic (exact) mass is 434 g/mol. The van der Waals surface area contributed by atoms with E-state index in [9.17, 15) is 24.6 Å². The van der Waals surface area contributed by atoms with E-state index >= 15 is 4.39 Å². The van der Waals surface area contributed by atoms with Crippen LogP contribution in [-0.2, 0) is 19.1 Å². The molecule has 31 heavy (non-hydrogen) atoms. The minimum absolute atomic E-state index is 0.0907. The molecule has 0 bridgehead atoms. The van der Waals surface area contributed by atoms with Crippen molar-refractivity contribution in [2.45, 2.75) is 70.8 Å². The number of halogens is 1. The quantitative estimate of drug-likeness (QED) is 0.660. The molecule has 0 radical (unpaired) electrons. The number of carbonyl (C=O) groups is 3. The highest BCUT2D eigenvalue weighted by Gasteiger charge is 2.70. The van der Waals surface area contributed by atoms with Crippen LogP contribution in [0.5, 0.6) is 0 Å². The number of Topliss-reactive ketones (excluding diaryl/α,β-unsaturated/α-hetero) is 1. The molecule has 0 heterocycles. The Morgan fingerprint density at radius 3 is 2.68 bits per heavy atom. The Labute approximate surface area is 181 Å². The zero-order valence-electron chi connectivity index (χ0n) is 18.3. The van der Waals surface area contributed by atoms with Gasteiger partial charge in [0.05, 0.1) is 6.10 Å². The van der Waals surface area contributed by atoms with Gasteiger partial charge in [0.2, 0.25) is 5.78 Å². The topological polar surface area (TPSA) is 101 Å². The second-order valence-electron chi connectivity index (χ2n) is 10.1. The first kappa shape index (κ1) is 22.3. The van der Waals surface area contributed by atoms with Crippen LogP contribution in [0.15, 0.2) is 23.8 Å². The number of alkyl halides is 1. The zero-order valence-corrected chi connectivity index (χ0v) is 18.3. The van der Waals surface area contributed by atoms with Crippen LogP contribution in [0.1, 0.15) is 52.9 Å². The van der Waals surface area contributed by atoms with E-state index in [0.717, 1.165) is 0 Å². The van der Waals surface area contributed by atoms with E-state index in [1.807, 2.05) is 13.8 Å². The number of aliphatic hydroxyl groups is 2. The molecule has 170 valence electrons. The summed E-state index contributed by atoms with van der Waals surface area (Å²) in [5, 5.41) is 21.1. The first-order valence-electron chi connectivity index (χ1n) is 11.2. The van der Waals surface area contributed by atoms with E-state index in [1.165, 1.54) is 12.2 Å². The van der Waals surface area contributed by atoms with Crippen molar-refractivity contribution in [2.75, 3.05) is 6.61 Å². The van der Waals surface area contributed by atoms with Gasteiger partial charge in [0, 0.05) is 23.2 Å². The van der Waals surface area contributed by atoms with Gasteiger partial charge in [-0.3, -0.25) is 14.4 Å². The van der Waals surface area contributed by atoms with E-state index < -0.39 is 47.1 Å². The van der Waals surface area contributed by atoms with Crippen molar-refractivity contribution in [1.82, 2.24) is 0 Å². The second-order valence-corrected chi connectivity index (χ2v) is 10.1. The lowest BCUT2D eigenvalue weighted by Crippen LogP contribution is -2.63. The molecule has 4 aliphatic rings. The van der Waals surface area contributed by atoms with Crippen LogP contribution < -0.4 is 0 Å². The molecule has 0 spiro atoms. The largest absolute Gasteiger partial charge is 0.450 e. The predicted molar refractivity (Wildman–Crippen MR) is 109 cm³/mol. The van der Waals surface area contributed by atoms with Crippen molar-refractivity contribution in [1.29, 1.82) is 0 Å². The molecule has 1 unspecified atom stereocenters. The van der Waals surface area contributed by atoms with E-state index in [-0.39, 0.29) is 49.2 Å². The van der Waals surface area contributed by atoms with Gasteiger partial charge in [0.15, 0.2) is 11.4 Å². The minimum Gasteiger partial charge on any atom is -0.450 e. The van der Waals surface area contributed by atoms with Crippen LogP contribution in [0.2, 0.25) is 0 Å². The molecule has 0 aliphatic heterocycles. The predicted octanol–water partition coefficient (Wildman–Crippen LogP) is 2.47. The van der Waals surface area contributed by atoms with Crippen LogP contribution in [0.25, 0.3) is 0 Å². The number of hydrogen-bond donors (Lipinski definition) is 2. The molecular weight excluding hydrogens is 403 g/mol. The number of esters is 1. The summed E-state index contributed by atoms with van der Waals surface area (Å²) in [5.74, 6) is -2.06. The smallest absolute Gasteiger partial charge is 0.306 e. The summed E-state index contributed by atoms with van der Waals surface area (Å²) in [5.41, 5.74) is -2.81. The van der Waals surface area contributed by atoms with Crippen LogP contribution in [0, 0.1) is 28.6 Å². The number of aliphatic hydroxyl groups excluding tert-OH is 2. The molecule has 4 aliphatic carbocycles. The lowest BCUT2D eigenvalue weighted by Gasteiger charge is -2.60. The molecule has 0 aromatic rings. The third-order valence-electron chi connectivity index (χ3n) is 8.77. The van der Waals surface area contributed by atoms with Crippen molar-refractivity contribution in [3.63, 3.8) is 0 Å². The van der Waals surface area contributed by atoms with E-state index in [0.29, 0.717) is 12.0 Å². The summed E-state index contributed by atoms with van der Waals surface area (Å²) in [6.45, 7) is 4.59. The van der Waals surface area contributed by atoms with Gasteiger partial charge < -0.3 is 14.9 Å². The fraction of sp³-hybridized carbons (Fsp3) is 0.708. The fourth-order valence-corrected chi connectivity index (χ4v) is 7.40. The Hall–Kier alpha value is -1.86. The Morgan fingerprint density at radius 1 is 1.32 bits per heavy atom. The summed E-state index contributed by atoms with van der Waals surface area (Å²) in [7, 11) is 0. The van der Waals surface area contributed by atoms with Crippen LogP contribution >= 0.6 is 0 Å². The minimum atomic E-state index is -1.52. The molecule has 4 rings (SSSR count). The van der Waals surface area contributed by atoms with E-state index in [2.05, 4.69) is 0 Å². The SMILES string of the molecule is CCC(=O)O[C@]1(C(=O)CO)CC[C@H]2[C@@H]3C[C@H](F)C4=CC(=O)C=C[C@]4(C)[C@H]3C(O)C[C@@]21C. The second kappa shape index (κ2) is 7.34. The van der Waals surface area contributed by atoms with Crippen molar-refractivity contribution in [2.24, 2.45) is 28.6 Å². The van der Waals surface area contributed by atoms with Crippen molar-refractivity contribution >= 4 is 17.5 Å². The average molecular weight is 435 g/mol. The molecule has 6 nitrogen and oxygen atoms in total. The van der Waals surface area contributed by atoms with Gasteiger partial charge in [0.25, 0.3) is 0 Å². The van der Waals surface area contributed by atoms with Gasteiger partial charge in [-0.25, -0.2) is 4.39 Å². The Bertz CT molecular complexity index is 879. The number of allylic oxidation sites excluding steroid dienone is 4. The van der Waals surface area contributed by atoms with Gasteiger partial charge in [-0.1, -0.05) is 26.8 Å². The molecule has 7 heteroatoms. The number of ether oxygens (including phenoxy) is 1. The molecule has 0 aromatic heterocycles. The number of hydrogen-bond acceptors (Lipinski definition) is 6. The lowest BCUT2D eigenvalue weighted by atomic mass is 9.46. The molecule has 3 saturated carbocycles. The molecule has 0 amide bonds. The zero-order chi connectivity index (χ0) is 22.8. The van der Waals surface area contributed by atoms with Crippen molar-refractivity contribution in [3.05, 3.63) is 23.8 Å². The van der Waals surface area contributed by atoms with Crippen LogP contribution in [0.4, 0.5) is 4.39 Å². The normalized spacial score (nSPS) is 45.9. The number of rotatable bonds is 4. The number of ketones is 2. The Morgan fingerprint density at radius 2 is 2.03 bits per heavy atom. The maximum atomic E-state index is 15.4. The van der Waals surface area contributed by atoms with Gasteiger partial charge in [-0.2, -0.15) is 0 Å². The first-order chi connectivity index (χ1) is 14.5. The maximum Gasteiger partial charge on any atom is 0.306 e. The molecule has 3 fully saturated rings. The third-order valence-corrected chi connectivity index (χ3v) is 8.77. The van der Waals surface area contributed by atoms with Crippen LogP contribution in [-0.4, -0.2) is 52.2 Å².